The summed E-state index contributed by atoms with van der Waals surface area (Å²) in [6.45, 7) is 3.43. The van der Waals surface area contributed by atoms with Crippen molar-refractivity contribution < 1.29 is 19.2 Å². The fourth-order valence-corrected chi connectivity index (χ4v) is 3.73. The number of ether oxygens (including phenoxy) is 2. The predicted octanol–water partition coefficient (Wildman–Crippen LogP) is 4.03. The van der Waals surface area contributed by atoms with E-state index >= 15 is 0 Å². The first kappa shape index (κ1) is 22.0. The lowest BCUT2D eigenvalue weighted by Crippen LogP contribution is -2.52. The fourth-order valence-electron chi connectivity index (χ4n) is 3.28. The van der Waals surface area contributed by atoms with Crippen LogP contribution in [0, 0.1) is 10.1 Å². The number of piperazine rings is 1. The molecule has 0 N–H and O–H groups in total. The summed E-state index contributed by atoms with van der Waals surface area (Å²) in [6.07, 6.45) is -0.731. The predicted molar refractivity (Wildman–Crippen MR) is 115 cm³/mol. The normalized spacial score (nSPS) is 14.9. The second-order valence-electron chi connectivity index (χ2n) is 6.76. The molecule has 3 rings (SSSR count). The average Bonchev–Trinajstić information content (AvgIpc) is 2.74. The third-order valence-corrected chi connectivity index (χ3v) is 5.39. The van der Waals surface area contributed by atoms with Crippen LogP contribution in [0.5, 0.6) is 11.5 Å². The van der Waals surface area contributed by atoms with E-state index in [2.05, 4.69) is 0 Å². The van der Waals surface area contributed by atoms with Crippen molar-refractivity contribution in [2.45, 2.75) is 13.0 Å². The molecule has 2 aromatic rings. The molecular weight excluding hydrogens is 433 g/mol. The van der Waals surface area contributed by atoms with Gasteiger partial charge in [-0.3, -0.25) is 14.9 Å². The number of carbonyl (C=O) groups excluding carboxylic acids is 1. The minimum Gasteiger partial charge on any atom is -0.496 e. The zero-order valence-electron chi connectivity index (χ0n) is 16.5. The minimum absolute atomic E-state index is 0.0248. The smallest absolute Gasteiger partial charge is 0.296 e. The minimum atomic E-state index is -0.731. The molecule has 0 bridgehead atoms. The number of nitrogens with zero attached hydrogens (tertiary/aromatic N) is 3. The lowest BCUT2D eigenvalue weighted by molar-refractivity contribution is -0.384. The summed E-state index contributed by atoms with van der Waals surface area (Å²) in [4.78, 5) is 27.4. The van der Waals surface area contributed by atoms with Crippen molar-refractivity contribution in [1.29, 1.82) is 0 Å². The van der Waals surface area contributed by atoms with Crippen molar-refractivity contribution in [3.05, 3.63) is 56.6 Å². The number of hydrogen-bond acceptors (Lipinski definition) is 6. The monoisotopic (exact) mass is 453 g/mol. The van der Waals surface area contributed by atoms with Crippen molar-refractivity contribution in [3.8, 4) is 11.5 Å². The number of rotatable bonds is 6. The van der Waals surface area contributed by atoms with E-state index in [4.69, 9.17) is 32.7 Å². The summed E-state index contributed by atoms with van der Waals surface area (Å²) in [5.41, 5.74) is 0.480. The molecule has 0 saturated carbocycles. The van der Waals surface area contributed by atoms with Crippen LogP contribution in [0.25, 0.3) is 0 Å². The molecule has 1 aliphatic rings. The van der Waals surface area contributed by atoms with Gasteiger partial charge in [-0.15, -0.1) is 0 Å². The van der Waals surface area contributed by atoms with Crippen LogP contribution in [0.1, 0.15) is 6.92 Å². The van der Waals surface area contributed by atoms with Crippen LogP contribution in [0.15, 0.2) is 36.4 Å². The third-order valence-electron chi connectivity index (χ3n) is 4.86. The van der Waals surface area contributed by atoms with Crippen molar-refractivity contribution >= 4 is 40.5 Å². The summed E-state index contributed by atoms with van der Waals surface area (Å²) >= 11 is 12.0. The molecule has 30 heavy (non-hydrogen) atoms. The van der Waals surface area contributed by atoms with Gasteiger partial charge in [0, 0.05) is 31.2 Å². The Kier molecular flexibility index (Phi) is 6.89. The summed E-state index contributed by atoms with van der Waals surface area (Å²) in [7, 11) is 1.46. The summed E-state index contributed by atoms with van der Waals surface area (Å²) in [5.74, 6) is 0.630. The van der Waals surface area contributed by atoms with Gasteiger partial charge in [0.05, 0.1) is 23.1 Å². The molecule has 0 spiro atoms. The van der Waals surface area contributed by atoms with Crippen molar-refractivity contribution in [3.63, 3.8) is 0 Å². The molecule has 1 heterocycles. The Labute approximate surface area is 184 Å². The molecule has 1 fully saturated rings. The molecule has 0 unspecified atom stereocenters. The number of hydrogen-bond donors (Lipinski definition) is 0. The molecular formula is C20H21Cl2N3O5. The Balaban J connectivity index is 1.64. The van der Waals surface area contributed by atoms with Crippen LogP contribution in [0.4, 0.5) is 11.4 Å². The van der Waals surface area contributed by atoms with E-state index < -0.39 is 11.0 Å². The number of methoxy groups -OCH3 is 1. The molecule has 1 aliphatic heterocycles. The first-order valence-electron chi connectivity index (χ1n) is 9.28. The maximum absolute atomic E-state index is 12.8. The molecule has 1 amide bonds. The van der Waals surface area contributed by atoms with Gasteiger partial charge in [0.1, 0.15) is 17.2 Å². The van der Waals surface area contributed by atoms with Gasteiger partial charge < -0.3 is 19.3 Å². The molecule has 10 heteroatoms. The first-order valence-corrected chi connectivity index (χ1v) is 10.0. The van der Waals surface area contributed by atoms with Gasteiger partial charge in [0.15, 0.2) is 6.10 Å². The van der Waals surface area contributed by atoms with E-state index in [1.807, 2.05) is 4.90 Å². The Morgan fingerprint density at radius 1 is 1.13 bits per heavy atom. The molecule has 1 saturated heterocycles. The van der Waals surface area contributed by atoms with Crippen molar-refractivity contribution in [1.82, 2.24) is 4.90 Å². The van der Waals surface area contributed by atoms with E-state index in [1.165, 1.54) is 13.2 Å². The lowest BCUT2D eigenvalue weighted by Gasteiger charge is -2.36. The van der Waals surface area contributed by atoms with Gasteiger partial charge in [0.2, 0.25) is 0 Å². The van der Waals surface area contributed by atoms with Crippen LogP contribution in [0.3, 0.4) is 0 Å². The maximum atomic E-state index is 12.8. The average molecular weight is 454 g/mol. The second kappa shape index (κ2) is 9.40. The molecule has 0 radical (unpaired) electrons. The van der Waals surface area contributed by atoms with Crippen LogP contribution >= 0.6 is 23.2 Å². The number of halogens is 2. The van der Waals surface area contributed by atoms with Gasteiger partial charge in [-0.25, -0.2) is 0 Å². The van der Waals surface area contributed by atoms with Gasteiger partial charge in [-0.1, -0.05) is 23.2 Å². The highest BCUT2D eigenvalue weighted by Gasteiger charge is 2.29. The van der Waals surface area contributed by atoms with Crippen LogP contribution < -0.4 is 14.4 Å². The molecule has 0 aromatic heterocycles. The second-order valence-corrected chi connectivity index (χ2v) is 7.60. The lowest BCUT2D eigenvalue weighted by atomic mass is 10.2. The molecule has 1 atom stereocenters. The third kappa shape index (κ3) is 4.88. The van der Waals surface area contributed by atoms with Crippen LogP contribution in [-0.4, -0.2) is 55.1 Å². The standard InChI is InChI=1S/C20H21Cl2N3O5/c1-13(30-19-6-3-14(21)11-16(19)22)20(26)24-9-7-23(8-10-24)17-5-4-15(29-2)12-18(17)25(27)28/h3-6,11-13H,7-10H2,1-2H3/t13-/m1/s1. The van der Waals surface area contributed by atoms with Crippen LogP contribution in [-0.2, 0) is 4.79 Å². The zero-order chi connectivity index (χ0) is 21.8. The largest absolute Gasteiger partial charge is 0.496 e. The van der Waals surface area contributed by atoms with Gasteiger partial charge in [0.25, 0.3) is 11.6 Å². The van der Waals surface area contributed by atoms with Gasteiger partial charge in [-0.05, 0) is 37.3 Å². The number of anilines is 1. The van der Waals surface area contributed by atoms with Crippen LogP contribution in [0.2, 0.25) is 10.0 Å². The topological polar surface area (TPSA) is 85.2 Å². The Hall–Kier alpha value is -2.71. The van der Waals surface area contributed by atoms with E-state index in [0.29, 0.717) is 53.4 Å². The summed E-state index contributed by atoms with van der Waals surface area (Å²) in [5, 5.41) is 12.3. The van der Waals surface area contributed by atoms with E-state index in [0.717, 1.165) is 0 Å². The Bertz CT molecular complexity index is 948. The summed E-state index contributed by atoms with van der Waals surface area (Å²) in [6, 6.07) is 9.57. The highest BCUT2D eigenvalue weighted by Crippen LogP contribution is 2.33. The number of amides is 1. The molecule has 8 nitrogen and oxygen atoms in total. The van der Waals surface area contributed by atoms with E-state index in [-0.39, 0.29) is 11.6 Å². The Morgan fingerprint density at radius 3 is 2.43 bits per heavy atom. The van der Waals surface area contributed by atoms with Gasteiger partial charge in [-0.2, -0.15) is 0 Å². The highest BCUT2D eigenvalue weighted by molar-refractivity contribution is 6.35. The number of carbonyl (C=O) groups is 1. The highest BCUT2D eigenvalue weighted by atomic mass is 35.5. The summed E-state index contributed by atoms with van der Waals surface area (Å²) < 4.78 is 10.8. The Morgan fingerprint density at radius 2 is 1.83 bits per heavy atom. The quantitative estimate of drug-likeness (QED) is 0.484. The fraction of sp³-hybridized carbons (Fsp3) is 0.350. The van der Waals surface area contributed by atoms with Crippen molar-refractivity contribution in [2.75, 3.05) is 38.2 Å². The molecule has 2 aromatic carbocycles. The van der Waals surface area contributed by atoms with Crippen molar-refractivity contribution in [2.24, 2.45) is 0 Å². The number of benzene rings is 2. The maximum Gasteiger partial charge on any atom is 0.296 e. The molecule has 0 aliphatic carbocycles. The SMILES string of the molecule is COc1ccc(N2CCN(C(=O)[C@@H](C)Oc3ccc(Cl)cc3Cl)CC2)c([N+](=O)[O-])c1. The molecule has 160 valence electrons. The number of nitro groups is 1. The first-order chi connectivity index (χ1) is 14.3. The number of nitro benzene ring substituents is 1. The van der Waals surface area contributed by atoms with E-state index in [9.17, 15) is 14.9 Å². The van der Waals surface area contributed by atoms with Gasteiger partial charge >= 0.3 is 0 Å². The zero-order valence-corrected chi connectivity index (χ0v) is 18.0. The van der Waals surface area contributed by atoms with E-state index in [1.54, 1.807) is 42.2 Å².